The summed E-state index contributed by atoms with van der Waals surface area (Å²) in [5.41, 5.74) is 7.37. The second kappa shape index (κ2) is 6.55. The van der Waals surface area contributed by atoms with E-state index in [4.69, 9.17) is 17.3 Å². The Balaban J connectivity index is 1.80. The van der Waals surface area contributed by atoms with Gasteiger partial charge in [0.1, 0.15) is 0 Å². The maximum atomic E-state index is 6.22. The summed E-state index contributed by atoms with van der Waals surface area (Å²) in [6.45, 7) is 5.87. The predicted octanol–water partition coefficient (Wildman–Crippen LogP) is 3.46. The molecule has 2 atom stereocenters. The molecule has 2 nitrogen and oxygen atoms in total. The number of likely N-dealkylation sites (tertiary alicyclic amines) is 1. The first kappa shape index (κ1) is 13.9. The van der Waals surface area contributed by atoms with Gasteiger partial charge in [-0.05, 0) is 49.5 Å². The van der Waals surface area contributed by atoms with Gasteiger partial charge in [0.2, 0.25) is 0 Å². The van der Waals surface area contributed by atoms with Crippen LogP contribution in [0.25, 0.3) is 0 Å². The molecule has 0 aromatic heterocycles. The van der Waals surface area contributed by atoms with E-state index in [0.717, 1.165) is 29.5 Å². The van der Waals surface area contributed by atoms with Gasteiger partial charge in [-0.3, -0.25) is 0 Å². The molecule has 0 radical (unpaired) electrons. The van der Waals surface area contributed by atoms with Crippen molar-refractivity contribution in [2.45, 2.75) is 32.2 Å². The van der Waals surface area contributed by atoms with Gasteiger partial charge in [0.05, 0.1) is 0 Å². The first-order valence-corrected chi connectivity index (χ1v) is 7.30. The largest absolute Gasteiger partial charge is 0.324 e. The van der Waals surface area contributed by atoms with Crippen molar-refractivity contribution in [2.75, 3.05) is 19.6 Å². The molecule has 1 saturated heterocycles. The van der Waals surface area contributed by atoms with Crippen LogP contribution in [0.2, 0.25) is 5.02 Å². The lowest BCUT2D eigenvalue weighted by Gasteiger charge is -2.19. The Kier molecular flexibility index (Phi) is 5.04. The van der Waals surface area contributed by atoms with Crippen LogP contribution >= 0.6 is 11.6 Å². The molecule has 1 aliphatic rings. The number of benzene rings is 1. The van der Waals surface area contributed by atoms with Crippen LogP contribution in [0.5, 0.6) is 0 Å². The van der Waals surface area contributed by atoms with Gasteiger partial charge in [-0.25, -0.2) is 0 Å². The maximum absolute atomic E-state index is 6.22. The average molecular weight is 267 g/mol. The van der Waals surface area contributed by atoms with Gasteiger partial charge in [0.15, 0.2) is 0 Å². The normalized spacial score (nSPS) is 22.3. The Morgan fingerprint density at radius 1 is 1.50 bits per heavy atom. The molecule has 2 rings (SSSR count). The zero-order chi connectivity index (χ0) is 13.0. The molecule has 2 N–H and O–H groups in total. The molecule has 1 aromatic carbocycles. The predicted molar refractivity (Wildman–Crippen MR) is 77.8 cm³/mol. The first-order chi connectivity index (χ1) is 8.69. The maximum Gasteiger partial charge on any atom is 0.0409 e. The molecule has 18 heavy (non-hydrogen) atoms. The van der Waals surface area contributed by atoms with Crippen molar-refractivity contribution in [2.24, 2.45) is 11.7 Å². The fourth-order valence-electron chi connectivity index (χ4n) is 2.67. The molecule has 3 heteroatoms. The third-order valence-corrected chi connectivity index (χ3v) is 4.22. The lowest BCUT2D eigenvalue weighted by atomic mass is 10.0. The summed E-state index contributed by atoms with van der Waals surface area (Å²) in [4.78, 5) is 2.54. The number of hydrogen-bond donors (Lipinski definition) is 1. The van der Waals surface area contributed by atoms with Crippen molar-refractivity contribution in [3.63, 3.8) is 0 Å². The summed E-state index contributed by atoms with van der Waals surface area (Å²) in [5, 5.41) is 0.773. The zero-order valence-electron chi connectivity index (χ0n) is 11.1. The highest BCUT2D eigenvalue weighted by Gasteiger charge is 2.21. The van der Waals surface area contributed by atoms with Crippen molar-refractivity contribution in [1.82, 2.24) is 4.90 Å². The quantitative estimate of drug-likeness (QED) is 0.884. The van der Waals surface area contributed by atoms with Crippen LogP contribution in [0.3, 0.4) is 0 Å². The van der Waals surface area contributed by atoms with Crippen LogP contribution in [0, 0.1) is 5.92 Å². The Labute approximate surface area is 115 Å². The van der Waals surface area contributed by atoms with Crippen molar-refractivity contribution < 1.29 is 0 Å². The van der Waals surface area contributed by atoms with Crippen molar-refractivity contribution in [3.05, 3.63) is 34.9 Å². The van der Waals surface area contributed by atoms with E-state index in [2.05, 4.69) is 17.9 Å². The minimum absolute atomic E-state index is 0.101. The highest BCUT2D eigenvalue weighted by atomic mass is 35.5. The van der Waals surface area contributed by atoms with Crippen LogP contribution in [0.15, 0.2) is 24.3 Å². The highest BCUT2D eigenvalue weighted by Crippen LogP contribution is 2.22. The SMILES string of the molecule is CCC1CCN(CCC(N)c2cccc(Cl)c2)C1. The average Bonchev–Trinajstić information content (AvgIpc) is 2.84. The first-order valence-electron chi connectivity index (χ1n) is 6.92. The topological polar surface area (TPSA) is 29.3 Å². The summed E-state index contributed by atoms with van der Waals surface area (Å²) in [7, 11) is 0. The lowest BCUT2D eigenvalue weighted by Crippen LogP contribution is -2.25. The van der Waals surface area contributed by atoms with E-state index in [0.29, 0.717) is 0 Å². The van der Waals surface area contributed by atoms with Gasteiger partial charge in [0.25, 0.3) is 0 Å². The molecule has 1 fully saturated rings. The fourth-order valence-corrected chi connectivity index (χ4v) is 2.87. The number of rotatable bonds is 5. The third-order valence-electron chi connectivity index (χ3n) is 3.98. The van der Waals surface area contributed by atoms with Gasteiger partial charge in [-0.2, -0.15) is 0 Å². The number of nitrogens with two attached hydrogens (primary N) is 1. The second-order valence-electron chi connectivity index (χ2n) is 5.31. The molecule has 0 spiro atoms. The van der Waals surface area contributed by atoms with Crippen LogP contribution < -0.4 is 5.73 Å². The molecular formula is C15H23ClN2. The summed E-state index contributed by atoms with van der Waals surface area (Å²) < 4.78 is 0. The molecule has 0 amide bonds. The summed E-state index contributed by atoms with van der Waals surface area (Å²) in [6.07, 6.45) is 3.66. The summed E-state index contributed by atoms with van der Waals surface area (Å²) in [5.74, 6) is 0.896. The van der Waals surface area contributed by atoms with Gasteiger partial charge >= 0.3 is 0 Å². The fraction of sp³-hybridized carbons (Fsp3) is 0.600. The lowest BCUT2D eigenvalue weighted by molar-refractivity contribution is 0.308. The van der Waals surface area contributed by atoms with Gasteiger partial charge < -0.3 is 10.6 Å². The Morgan fingerprint density at radius 2 is 2.33 bits per heavy atom. The molecular weight excluding hydrogens is 244 g/mol. The number of nitrogens with zero attached hydrogens (tertiary/aromatic N) is 1. The number of halogens is 1. The van der Waals surface area contributed by atoms with Gasteiger partial charge in [-0.1, -0.05) is 37.1 Å². The van der Waals surface area contributed by atoms with E-state index in [1.807, 2.05) is 18.2 Å². The second-order valence-corrected chi connectivity index (χ2v) is 5.75. The molecule has 2 unspecified atom stereocenters. The smallest absolute Gasteiger partial charge is 0.0409 e. The molecule has 0 aliphatic carbocycles. The van der Waals surface area contributed by atoms with E-state index in [9.17, 15) is 0 Å². The Morgan fingerprint density at radius 3 is 3.00 bits per heavy atom. The minimum Gasteiger partial charge on any atom is -0.324 e. The van der Waals surface area contributed by atoms with Gasteiger partial charge in [-0.15, -0.1) is 0 Å². The third kappa shape index (κ3) is 3.71. The van der Waals surface area contributed by atoms with Crippen LogP contribution in [-0.4, -0.2) is 24.5 Å². The van der Waals surface area contributed by atoms with Crippen LogP contribution in [0.4, 0.5) is 0 Å². The molecule has 0 saturated carbocycles. The van der Waals surface area contributed by atoms with Crippen molar-refractivity contribution in [1.29, 1.82) is 0 Å². The highest BCUT2D eigenvalue weighted by molar-refractivity contribution is 6.30. The van der Waals surface area contributed by atoms with E-state index in [1.165, 1.54) is 25.9 Å². The monoisotopic (exact) mass is 266 g/mol. The molecule has 1 aromatic rings. The van der Waals surface area contributed by atoms with Gasteiger partial charge in [0, 0.05) is 17.6 Å². The van der Waals surface area contributed by atoms with E-state index in [1.54, 1.807) is 0 Å². The Bertz CT molecular complexity index is 381. The summed E-state index contributed by atoms with van der Waals surface area (Å²) >= 11 is 5.99. The van der Waals surface area contributed by atoms with E-state index in [-0.39, 0.29) is 6.04 Å². The minimum atomic E-state index is 0.101. The van der Waals surface area contributed by atoms with Crippen molar-refractivity contribution in [3.8, 4) is 0 Å². The van der Waals surface area contributed by atoms with E-state index >= 15 is 0 Å². The van der Waals surface area contributed by atoms with Crippen LogP contribution in [0.1, 0.15) is 37.8 Å². The Hall–Kier alpha value is -0.570. The van der Waals surface area contributed by atoms with Crippen LogP contribution in [-0.2, 0) is 0 Å². The zero-order valence-corrected chi connectivity index (χ0v) is 11.9. The summed E-state index contributed by atoms with van der Waals surface area (Å²) in [6, 6.07) is 8.01. The number of hydrogen-bond acceptors (Lipinski definition) is 2. The molecule has 100 valence electrons. The standard InChI is InChI=1S/C15H23ClN2/c1-2-12-6-8-18(11-12)9-7-15(17)13-4-3-5-14(16)10-13/h3-5,10,12,15H,2,6-9,11,17H2,1H3. The molecule has 0 bridgehead atoms. The van der Waals surface area contributed by atoms with Crippen molar-refractivity contribution >= 4 is 11.6 Å². The molecule has 1 heterocycles. The van der Waals surface area contributed by atoms with E-state index < -0.39 is 0 Å². The molecule has 1 aliphatic heterocycles.